The third-order valence-corrected chi connectivity index (χ3v) is 5.21. The zero-order chi connectivity index (χ0) is 24.8. The number of amides is 2. The lowest BCUT2D eigenvalue weighted by Crippen LogP contribution is -2.43. The van der Waals surface area contributed by atoms with Crippen LogP contribution >= 0.6 is 11.8 Å². The Bertz CT molecular complexity index is 1070. The summed E-state index contributed by atoms with van der Waals surface area (Å²) < 4.78 is 40.2. The van der Waals surface area contributed by atoms with Gasteiger partial charge in [0.15, 0.2) is 5.82 Å². The van der Waals surface area contributed by atoms with E-state index in [0.717, 1.165) is 23.9 Å². The number of rotatable bonds is 9. The summed E-state index contributed by atoms with van der Waals surface area (Å²) in [6.07, 6.45) is -2.68. The number of benzene rings is 1. The molecule has 2 aromatic rings. The van der Waals surface area contributed by atoms with Gasteiger partial charge in [-0.15, -0.1) is 11.8 Å². The highest BCUT2D eigenvalue weighted by Gasteiger charge is 2.34. The predicted molar refractivity (Wildman–Crippen MR) is 117 cm³/mol. The van der Waals surface area contributed by atoms with Crippen molar-refractivity contribution < 1.29 is 22.8 Å². The Morgan fingerprint density at radius 3 is 2.58 bits per heavy atom. The van der Waals surface area contributed by atoms with E-state index in [1.165, 1.54) is 24.0 Å². The van der Waals surface area contributed by atoms with Gasteiger partial charge in [-0.05, 0) is 37.3 Å². The number of aromatic nitrogens is 2. The summed E-state index contributed by atoms with van der Waals surface area (Å²) in [6, 6.07) is 4.98. The third kappa shape index (κ3) is 6.48. The molecule has 5 N–H and O–H groups in total. The van der Waals surface area contributed by atoms with E-state index in [9.17, 15) is 28.0 Å². The summed E-state index contributed by atoms with van der Waals surface area (Å²) in [4.78, 5) is 32.8. The number of halogens is 3. The number of nitrogens with zero attached hydrogens (tertiary/aromatic N) is 4. The smallest absolute Gasteiger partial charge is 0.368 e. The molecule has 0 saturated heterocycles. The number of anilines is 3. The highest BCUT2D eigenvalue weighted by molar-refractivity contribution is 7.98. The van der Waals surface area contributed by atoms with Crippen LogP contribution in [0.15, 0.2) is 29.3 Å². The molecule has 0 unspecified atom stereocenters. The quantitative estimate of drug-likeness (QED) is 0.281. The van der Waals surface area contributed by atoms with Gasteiger partial charge < -0.3 is 21.7 Å². The van der Waals surface area contributed by atoms with E-state index in [0.29, 0.717) is 0 Å². The van der Waals surface area contributed by atoms with Crippen LogP contribution in [0.4, 0.5) is 30.6 Å². The molecule has 2 amide bonds. The number of carbonyl (C=O) groups is 2. The zero-order valence-electron chi connectivity index (χ0n) is 17.8. The van der Waals surface area contributed by atoms with E-state index in [1.54, 1.807) is 6.26 Å². The van der Waals surface area contributed by atoms with Gasteiger partial charge in [-0.25, -0.2) is 4.98 Å². The van der Waals surface area contributed by atoms with E-state index in [4.69, 9.17) is 11.5 Å². The molecule has 0 spiro atoms. The molecular weight excluding hydrogens is 459 g/mol. The van der Waals surface area contributed by atoms with Gasteiger partial charge in [0.05, 0.1) is 5.56 Å². The molecule has 0 aliphatic heterocycles. The topological polar surface area (TPSA) is 151 Å². The van der Waals surface area contributed by atoms with Crippen LogP contribution in [0.25, 0.3) is 0 Å². The Balaban J connectivity index is 2.70. The van der Waals surface area contributed by atoms with Crippen molar-refractivity contribution in [2.45, 2.75) is 37.0 Å². The number of nitrogens with two attached hydrogens (primary N) is 2. The van der Waals surface area contributed by atoms with Crippen LogP contribution in [0.1, 0.15) is 30.9 Å². The highest BCUT2D eigenvalue weighted by atomic mass is 32.2. The van der Waals surface area contributed by atoms with Crippen molar-refractivity contribution in [2.75, 3.05) is 23.4 Å². The number of alkyl halides is 3. The predicted octanol–water partition coefficient (Wildman–Crippen LogP) is 2.58. The fourth-order valence-electron chi connectivity index (χ4n) is 3.11. The van der Waals surface area contributed by atoms with Gasteiger partial charge in [0.1, 0.15) is 22.7 Å². The maximum Gasteiger partial charge on any atom is 0.416 e. The molecule has 1 aromatic carbocycles. The van der Waals surface area contributed by atoms with Crippen molar-refractivity contribution >= 4 is 41.0 Å². The molecule has 33 heavy (non-hydrogen) atoms. The van der Waals surface area contributed by atoms with Gasteiger partial charge in [0.25, 0.3) is 0 Å². The monoisotopic (exact) mass is 481 g/mol. The van der Waals surface area contributed by atoms with Crippen molar-refractivity contribution in [3.05, 3.63) is 35.4 Å². The molecule has 1 heterocycles. The van der Waals surface area contributed by atoms with Crippen molar-refractivity contribution in [1.82, 2.24) is 15.3 Å². The standard InChI is InChI=1S/C20H22F3N7O2S/c1-11(31)27-8-4-7-15(16(25)32)30(13-6-3-5-12(9-13)20(21,22)23)17-14(10-24)18(33-2)29-19(26)28-17/h3,5-6,9,15H,4,7-8H2,1-2H3,(H2,25,32)(H,27,31)(H2,26,28,29)/t15-/m0/s1. The first kappa shape index (κ1) is 25.7. The number of nitrogens with one attached hydrogen (secondary N) is 1. The zero-order valence-corrected chi connectivity index (χ0v) is 18.6. The van der Waals surface area contributed by atoms with Crippen molar-refractivity contribution in [3.8, 4) is 6.07 Å². The molecule has 0 saturated carbocycles. The summed E-state index contributed by atoms with van der Waals surface area (Å²) in [5.41, 5.74) is 10.3. The number of primary amides is 1. The molecule has 0 aliphatic rings. The summed E-state index contributed by atoms with van der Waals surface area (Å²) in [6.45, 7) is 1.54. The first-order valence-electron chi connectivity index (χ1n) is 9.61. The number of carbonyl (C=O) groups excluding carboxylic acids is 2. The first-order valence-corrected chi connectivity index (χ1v) is 10.8. The molecule has 0 fully saturated rings. The van der Waals surface area contributed by atoms with E-state index in [-0.39, 0.29) is 53.3 Å². The normalized spacial score (nSPS) is 12.0. The van der Waals surface area contributed by atoms with E-state index in [1.807, 2.05) is 6.07 Å². The fraction of sp³-hybridized carbons (Fsp3) is 0.350. The van der Waals surface area contributed by atoms with Gasteiger partial charge in [0.2, 0.25) is 17.8 Å². The lowest BCUT2D eigenvalue weighted by atomic mass is 10.1. The van der Waals surface area contributed by atoms with Crippen molar-refractivity contribution in [1.29, 1.82) is 5.26 Å². The Kier molecular flexibility index (Phi) is 8.47. The molecule has 9 nitrogen and oxygen atoms in total. The molecule has 0 aliphatic carbocycles. The van der Waals surface area contributed by atoms with Crippen LogP contribution in [-0.4, -0.2) is 40.6 Å². The fourth-order valence-corrected chi connectivity index (χ4v) is 3.63. The van der Waals surface area contributed by atoms with E-state index >= 15 is 0 Å². The summed E-state index contributed by atoms with van der Waals surface area (Å²) in [7, 11) is 0. The second-order valence-electron chi connectivity index (χ2n) is 6.86. The molecule has 0 bridgehead atoms. The summed E-state index contributed by atoms with van der Waals surface area (Å²) >= 11 is 1.09. The maximum absolute atomic E-state index is 13.4. The minimum absolute atomic E-state index is 0.0508. The second-order valence-corrected chi connectivity index (χ2v) is 7.66. The SMILES string of the molecule is CSc1nc(N)nc(N(c2cccc(C(F)(F)F)c2)[C@@H](CCCNC(C)=O)C(N)=O)c1C#N. The van der Waals surface area contributed by atoms with Gasteiger partial charge in [-0.1, -0.05) is 6.07 Å². The van der Waals surface area contributed by atoms with Gasteiger partial charge >= 0.3 is 6.18 Å². The van der Waals surface area contributed by atoms with Gasteiger partial charge in [0, 0.05) is 19.2 Å². The molecule has 176 valence electrons. The molecular formula is C20H22F3N7O2S. The Morgan fingerprint density at radius 1 is 1.33 bits per heavy atom. The lowest BCUT2D eigenvalue weighted by molar-refractivity contribution is -0.137. The summed E-state index contributed by atoms with van der Waals surface area (Å²) in [5, 5.41) is 12.5. The Labute approximate surface area is 192 Å². The van der Waals surface area contributed by atoms with Crippen LogP contribution in [-0.2, 0) is 15.8 Å². The highest BCUT2D eigenvalue weighted by Crippen LogP contribution is 2.37. The summed E-state index contributed by atoms with van der Waals surface area (Å²) in [5.74, 6) is -1.51. The number of thioether (sulfide) groups is 1. The first-order chi connectivity index (χ1) is 15.5. The van der Waals surface area contributed by atoms with Crippen LogP contribution in [0.2, 0.25) is 0 Å². The largest absolute Gasteiger partial charge is 0.416 e. The molecule has 2 rings (SSSR count). The van der Waals surface area contributed by atoms with Crippen molar-refractivity contribution in [2.24, 2.45) is 5.73 Å². The van der Waals surface area contributed by atoms with Gasteiger partial charge in [-0.2, -0.15) is 23.4 Å². The Morgan fingerprint density at radius 2 is 2.03 bits per heavy atom. The lowest BCUT2D eigenvalue weighted by Gasteiger charge is -2.32. The minimum Gasteiger partial charge on any atom is -0.368 e. The maximum atomic E-state index is 13.4. The third-order valence-electron chi connectivity index (χ3n) is 4.53. The molecule has 0 radical (unpaired) electrons. The Hall–Kier alpha value is -3.53. The van der Waals surface area contributed by atoms with E-state index in [2.05, 4.69) is 15.3 Å². The number of hydrogen-bond donors (Lipinski definition) is 3. The number of nitrogen functional groups attached to an aromatic ring is 1. The van der Waals surface area contributed by atoms with E-state index < -0.39 is 23.7 Å². The minimum atomic E-state index is -4.65. The van der Waals surface area contributed by atoms with Crippen LogP contribution < -0.4 is 21.7 Å². The molecule has 13 heteroatoms. The van der Waals surface area contributed by atoms with Crippen LogP contribution in [0.5, 0.6) is 0 Å². The average Bonchev–Trinajstić information content (AvgIpc) is 2.74. The number of nitriles is 1. The molecule has 1 atom stereocenters. The number of hydrogen-bond acceptors (Lipinski definition) is 8. The van der Waals surface area contributed by atoms with Crippen LogP contribution in [0, 0.1) is 11.3 Å². The average molecular weight is 482 g/mol. The van der Waals surface area contributed by atoms with Crippen molar-refractivity contribution in [3.63, 3.8) is 0 Å². The molecule has 1 aromatic heterocycles. The van der Waals surface area contributed by atoms with Crippen LogP contribution in [0.3, 0.4) is 0 Å². The van der Waals surface area contributed by atoms with Gasteiger partial charge in [-0.3, -0.25) is 9.59 Å². The second kappa shape index (κ2) is 10.9.